The fourth-order valence-corrected chi connectivity index (χ4v) is 2.08. The molecule has 0 atom stereocenters. The molecule has 2 rings (SSSR count). The fourth-order valence-electron chi connectivity index (χ4n) is 2.08. The molecule has 0 saturated carbocycles. The van der Waals surface area contributed by atoms with Gasteiger partial charge < -0.3 is 5.32 Å². The normalized spacial score (nSPS) is 10.5. The summed E-state index contributed by atoms with van der Waals surface area (Å²) >= 11 is 0. The number of nitrogens with one attached hydrogen (secondary N) is 1. The lowest BCUT2D eigenvalue weighted by molar-refractivity contribution is 0.0946. The van der Waals surface area contributed by atoms with Gasteiger partial charge in [-0.25, -0.2) is 4.39 Å². The van der Waals surface area contributed by atoms with Crippen LogP contribution in [0.1, 0.15) is 17.4 Å². The maximum atomic E-state index is 13.3. The highest BCUT2D eigenvalue weighted by atomic mass is 19.1. The Morgan fingerprint density at radius 2 is 2.20 bits per heavy atom. The van der Waals surface area contributed by atoms with Crippen LogP contribution in [-0.4, -0.2) is 17.0 Å². The second-order valence-corrected chi connectivity index (χ2v) is 4.33. The molecule has 0 fully saturated rings. The van der Waals surface area contributed by atoms with Crippen molar-refractivity contribution in [2.75, 3.05) is 6.54 Å². The van der Waals surface area contributed by atoms with E-state index in [-0.39, 0.29) is 23.7 Å². The van der Waals surface area contributed by atoms with Gasteiger partial charge in [-0.1, -0.05) is 6.08 Å². The van der Waals surface area contributed by atoms with E-state index in [1.807, 2.05) is 0 Å². The molecule has 104 valence electrons. The lowest BCUT2D eigenvalue weighted by Gasteiger charge is -2.12. The molecule has 1 aromatic heterocycles. The number of allylic oxidation sites excluding steroid dienone is 1. The van der Waals surface area contributed by atoms with Crippen LogP contribution in [0.3, 0.4) is 0 Å². The van der Waals surface area contributed by atoms with Crippen LogP contribution in [0, 0.1) is 5.82 Å². The quantitative estimate of drug-likeness (QED) is 0.868. The molecule has 1 heterocycles. The minimum Gasteiger partial charge on any atom is -0.351 e. The summed E-state index contributed by atoms with van der Waals surface area (Å²) < 4.78 is 14.6. The Balaban J connectivity index is 2.76. The molecule has 0 aliphatic rings. The lowest BCUT2D eigenvalue weighted by atomic mass is 10.1. The van der Waals surface area contributed by atoms with Crippen LogP contribution in [0.4, 0.5) is 4.39 Å². The van der Waals surface area contributed by atoms with Gasteiger partial charge >= 0.3 is 0 Å². The molecular weight excluding hydrogens is 259 g/mol. The largest absolute Gasteiger partial charge is 0.351 e. The van der Waals surface area contributed by atoms with Crippen LogP contribution in [0.2, 0.25) is 0 Å². The highest BCUT2D eigenvalue weighted by Crippen LogP contribution is 2.14. The molecule has 0 aliphatic carbocycles. The van der Waals surface area contributed by atoms with Crippen molar-refractivity contribution in [2.24, 2.45) is 0 Å². The van der Waals surface area contributed by atoms with E-state index < -0.39 is 5.82 Å². The first kappa shape index (κ1) is 14.0. The smallest absolute Gasteiger partial charge is 0.268 e. The number of hydrogen-bond donors (Lipinski definition) is 1. The third-order valence-corrected chi connectivity index (χ3v) is 2.95. The van der Waals surface area contributed by atoms with Crippen LogP contribution < -0.4 is 10.9 Å². The van der Waals surface area contributed by atoms with E-state index >= 15 is 0 Å². The number of amides is 1. The van der Waals surface area contributed by atoms with E-state index in [1.165, 1.54) is 28.8 Å². The van der Waals surface area contributed by atoms with E-state index in [4.69, 9.17) is 0 Å². The monoisotopic (exact) mass is 274 g/mol. The van der Waals surface area contributed by atoms with Gasteiger partial charge in [-0.05, 0) is 36.6 Å². The zero-order chi connectivity index (χ0) is 14.7. The number of pyridine rings is 1. The van der Waals surface area contributed by atoms with Crippen LogP contribution in [0.5, 0.6) is 0 Å². The molecule has 0 aliphatic heterocycles. The van der Waals surface area contributed by atoms with Crippen LogP contribution >= 0.6 is 0 Å². The molecule has 1 amide bonds. The Labute approximate surface area is 115 Å². The number of hydrogen-bond acceptors (Lipinski definition) is 2. The summed E-state index contributed by atoms with van der Waals surface area (Å²) in [6, 6.07) is 5.42. The number of carbonyl (C=O) groups excluding carboxylic acids is 1. The second-order valence-electron chi connectivity index (χ2n) is 4.33. The topological polar surface area (TPSA) is 51.1 Å². The van der Waals surface area contributed by atoms with Crippen molar-refractivity contribution in [3.05, 3.63) is 58.8 Å². The van der Waals surface area contributed by atoms with Crippen molar-refractivity contribution in [2.45, 2.75) is 13.5 Å². The molecule has 1 aromatic carbocycles. The molecular formula is C15H15FN2O2. The summed E-state index contributed by atoms with van der Waals surface area (Å²) in [6.45, 7) is 6.04. The van der Waals surface area contributed by atoms with Crippen molar-refractivity contribution in [3.8, 4) is 0 Å². The van der Waals surface area contributed by atoms with E-state index in [9.17, 15) is 14.0 Å². The van der Waals surface area contributed by atoms with Gasteiger partial charge in [0.2, 0.25) is 0 Å². The molecule has 2 aromatic rings. The molecule has 5 heteroatoms. The zero-order valence-corrected chi connectivity index (χ0v) is 11.1. The third kappa shape index (κ3) is 2.47. The SMILES string of the molecule is C=CCn1c(C(=O)NCC)cc2cc(F)ccc2c1=O. The van der Waals surface area contributed by atoms with Gasteiger partial charge in [0.1, 0.15) is 11.5 Å². The lowest BCUT2D eigenvalue weighted by Crippen LogP contribution is -2.32. The van der Waals surface area contributed by atoms with Crippen LogP contribution in [0.25, 0.3) is 10.8 Å². The van der Waals surface area contributed by atoms with Crippen LogP contribution in [0.15, 0.2) is 41.7 Å². The Kier molecular flexibility index (Phi) is 3.98. The average Bonchev–Trinajstić information content (AvgIpc) is 2.41. The van der Waals surface area contributed by atoms with Crippen molar-refractivity contribution >= 4 is 16.7 Å². The summed E-state index contributed by atoms with van der Waals surface area (Å²) in [4.78, 5) is 24.4. The van der Waals surface area contributed by atoms with Crippen molar-refractivity contribution in [3.63, 3.8) is 0 Å². The van der Waals surface area contributed by atoms with Gasteiger partial charge in [0, 0.05) is 18.5 Å². The van der Waals surface area contributed by atoms with Crippen LogP contribution in [-0.2, 0) is 6.54 Å². The maximum Gasteiger partial charge on any atom is 0.268 e. The van der Waals surface area contributed by atoms with E-state index in [0.717, 1.165) is 0 Å². The molecule has 20 heavy (non-hydrogen) atoms. The van der Waals surface area contributed by atoms with E-state index in [0.29, 0.717) is 17.3 Å². The van der Waals surface area contributed by atoms with Gasteiger partial charge in [-0.2, -0.15) is 0 Å². The first-order valence-electron chi connectivity index (χ1n) is 6.30. The summed E-state index contributed by atoms with van der Waals surface area (Å²) in [7, 11) is 0. The number of carbonyl (C=O) groups is 1. The van der Waals surface area contributed by atoms with E-state index in [1.54, 1.807) is 13.0 Å². The van der Waals surface area contributed by atoms with Gasteiger partial charge in [-0.15, -0.1) is 6.58 Å². The molecule has 0 spiro atoms. The van der Waals surface area contributed by atoms with Crippen molar-refractivity contribution in [1.82, 2.24) is 9.88 Å². The molecule has 1 N–H and O–H groups in total. The minimum atomic E-state index is -0.444. The Morgan fingerprint density at radius 3 is 2.85 bits per heavy atom. The predicted octanol–water partition coefficient (Wildman–Crippen LogP) is 2.08. The summed E-state index contributed by atoms with van der Waals surface area (Å²) in [5, 5.41) is 3.43. The summed E-state index contributed by atoms with van der Waals surface area (Å²) in [6.07, 6.45) is 1.54. The first-order chi connectivity index (χ1) is 9.58. The predicted molar refractivity (Wildman–Crippen MR) is 76.4 cm³/mol. The highest BCUT2D eigenvalue weighted by molar-refractivity contribution is 5.96. The second kappa shape index (κ2) is 5.69. The Bertz CT molecular complexity index is 734. The average molecular weight is 274 g/mol. The molecule has 0 radical (unpaired) electrons. The molecule has 0 unspecified atom stereocenters. The van der Waals surface area contributed by atoms with Crippen molar-refractivity contribution < 1.29 is 9.18 Å². The standard InChI is InChI=1S/C15H15FN2O2/c1-3-7-18-13(14(19)17-4-2)9-10-8-11(16)5-6-12(10)15(18)20/h3,5-6,8-9H,1,4,7H2,2H3,(H,17,19). The Morgan fingerprint density at radius 1 is 1.45 bits per heavy atom. The first-order valence-corrected chi connectivity index (χ1v) is 6.30. The van der Waals surface area contributed by atoms with Gasteiger partial charge in [0.15, 0.2) is 0 Å². The molecule has 0 saturated heterocycles. The molecule has 4 nitrogen and oxygen atoms in total. The number of fused-ring (bicyclic) bond motifs is 1. The number of benzene rings is 1. The maximum absolute atomic E-state index is 13.3. The summed E-state index contributed by atoms with van der Waals surface area (Å²) in [5.41, 5.74) is -0.126. The minimum absolute atomic E-state index is 0.204. The number of rotatable bonds is 4. The fraction of sp³-hybridized carbons (Fsp3) is 0.200. The van der Waals surface area contributed by atoms with Crippen molar-refractivity contribution in [1.29, 1.82) is 0 Å². The molecule has 0 bridgehead atoms. The number of aromatic nitrogens is 1. The Hall–Kier alpha value is -2.43. The highest BCUT2D eigenvalue weighted by Gasteiger charge is 2.14. The number of halogens is 1. The van der Waals surface area contributed by atoms with Gasteiger partial charge in [-0.3, -0.25) is 14.2 Å². The third-order valence-electron chi connectivity index (χ3n) is 2.95. The number of nitrogens with zero attached hydrogens (tertiary/aromatic N) is 1. The summed E-state index contributed by atoms with van der Waals surface area (Å²) in [5.74, 6) is -0.808. The zero-order valence-electron chi connectivity index (χ0n) is 11.1. The van der Waals surface area contributed by atoms with Gasteiger partial charge in [0.25, 0.3) is 11.5 Å². The van der Waals surface area contributed by atoms with E-state index in [2.05, 4.69) is 11.9 Å². The van der Waals surface area contributed by atoms with Gasteiger partial charge in [0.05, 0.1) is 0 Å².